The van der Waals surface area contributed by atoms with Gasteiger partial charge >= 0.3 is 0 Å². The molecule has 1 aromatic heterocycles. The molecule has 5 nitrogen and oxygen atoms in total. The molecular formula is C12H19N3O2. The van der Waals surface area contributed by atoms with Gasteiger partial charge in [-0.1, -0.05) is 0 Å². The highest BCUT2D eigenvalue weighted by molar-refractivity contribution is 5.32. The molecule has 1 aromatic rings. The molecule has 2 rings (SSSR count). The van der Waals surface area contributed by atoms with Crippen molar-refractivity contribution in [1.29, 1.82) is 0 Å². The van der Waals surface area contributed by atoms with Crippen LogP contribution in [0.1, 0.15) is 32.7 Å². The molecular weight excluding hydrogens is 218 g/mol. The Morgan fingerprint density at radius 3 is 3.06 bits per heavy atom. The van der Waals surface area contributed by atoms with E-state index < -0.39 is 0 Å². The number of aromatic nitrogens is 2. The van der Waals surface area contributed by atoms with E-state index in [1.807, 2.05) is 13.8 Å². The van der Waals surface area contributed by atoms with Crippen LogP contribution in [0.5, 0.6) is 0 Å². The van der Waals surface area contributed by atoms with Gasteiger partial charge in [0.1, 0.15) is 0 Å². The van der Waals surface area contributed by atoms with Crippen LogP contribution < -0.4 is 10.9 Å². The van der Waals surface area contributed by atoms with E-state index in [4.69, 9.17) is 4.74 Å². The van der Waals surface area contributed by atoms with Crippen molar-refractivity contribution in [2.24, 2.45) is 0 Å². The molecule has 1 fully saturated rings. The van der Waals surface area contributed by atoms with Crippen LogP contribution in [0.25, 0.3) is 0 Å². The molecule has 1 aliphatic carbocycles. The summed E-state index contributed by atoms with van der Waals surface area (Å²) in [5, 5.41) is 3.10. The zero-order valence-corrected chi connectivity index (χ0v) is 10.3. The van der Waals surface area contributed by atoms with Crippen molar-refractivity contribution in [2.45, 2.75) is 38.8 Å². The fourth-order valence-electron chi connectivity index (χ4n) is 1.73. The molecule has 0 radical (unpaired) electrons. The molecule has 0 bridgehead atoms. The van der Waals surface area contributed by atoms with Crippen molar-refractivity contribution in [3.8, 4) is 0 Å². The van der Waals surface area contributed by atoms with E-state index >= 15 is 0 Å². The lowest BCUT2D eigenvalue weighted by Gasteiger charge is -2.14. The largest absolute Gasteiger partial charge is 0.380 e. The molecule has 0 aliphatic heterocycles. The zero-order chi connectivity index (χ0) is 12.3. The number of hydrogen-bond acceptors (Lipinski definition) is 4. The van der Waals surface area contributed by atoms with Gasteiger partial charge in [0, 0.05) is 31.1 Å². The Balaban J connectivity index is 2.05. The highest BCUT2D eigenvalue weighted by Crippen LogP contribution is 2.33. The summed E-state index contributed by atoms with van der Waals surface area (Å²) in [6, 6.07) is 0.471. The summed E-state index contributed by atoms with van der Waals surface area (Å²) in [5.74, 6) is 0.423. The average Bonchev–Trinajstić information content (AvgIpc) is 3.13. The highest BCUT2D eigenvalue weighted by Gasteiger charge is 2.25. The first-order valence-corrected chi connectivity index (χ1v) is 6.13. The molecule has 5 heteroatoms. The van der Waals surface area contributed by atoms with Crippen LogP contribution in [-0.4, -0.2) is 28.8 Å². The molecule has 94 valence electrons. The summed E-state index contributed by atoms with van der Waals surface area (Å²) >= 11 is 0. The number of rotatable bonds is 6. The maximum Gasteiger partial charge on any atom is 0.293 e. The van der Waals surface area contributed by atoms with Gasteiger partial charge in [-0.15, -0.1) is 0 Å². The van der Waals surface area contributed by atoms with Gasteiger partial charge < -0.3 is 14.6 Å². The van der Waals surface area contributed by atoms with Crippen LogP contribution in [0.2, 0.25) is 0 Å². The minimum absolute atomic E-state index is 0.0293. The van der Waals surface area contributed by atoms with Crippen molar-refractivity contribution in [3.63, 3.8) is 0 Å². The van der Waals surface area contributed by atoms with Crippen LogP contribution in [0.4, 0.5) is 5.82 Å². The summed E-state index contributed by atoms with van der Waals surface area (Å²) in [6.45, 7) is 5.19. The summed E-state index contributed by atoms with van der Waals surface area (Å²) in [6.07, 6.45) is 5.63. The van der Waals surface area contributed by atoms with E-state index in [9.17, 15) is 4.79 Å². The number of anilines is 1. The van der Waals surface area contributed by atoms with E-state index in [1.54, 1.807) is 17.0 Å². The number of nitrogens with one attached hydrogen (secondary N) is 1. The number of hydrogen-bond donors (Lipinski definition) is 1. The minimum Gasteiger partial charge on any atom is -0.380 e. The first kappa shape index (κ1) is 12.1. The Morgan fingerprint density at radius 2 is 2.41 bits per heavy atom. The SMILES string of the molecule is CCOCC(C)Nc1nccn(C2CC2)c1=O. The Hall–Kier alpha value is -1.36. The van der Waals surface area contributed by atoms with Crippen LogP contribution >= 0.6 is 0 Å². The van der Waals surface area contributed by atoms with Crippen molar-refractivity contribution in [2.75, 3.05) is 18.5 Å². The standard InChI is InChI=1S/C12H19N3O2/c1-3-17-8-9(2)14-11-12(16)15(7-6-13-11)10-4-5-10/h6-7,9-10H,3-5,8H2,1-2H3,(H,13,14). The van der Waals surface area contributed by atoms with Gasteiger partial charge in [0.05, 0.1) is 6.61 Å². The lowest BCUT2D eigenvalue weighted by molar-refractivity contribution is 0.141. The van der Waals surface area contributed by atoms with E-state index in [1.165, 1.54) is 0 Å². The van der Waals surface area contributed by atoms with Gasteiger partial charge in [-0.2, -0.15) is 0 Å². The molecule has 0 aromatic carbocycles. The van der Waals surface area contributed by atoms with Crippen LogP contribution in [0, 0.1) is 0 Å². The van der Waals surface area contributed by atoms with Crippen molar-refractivity contribution < 1.29 is 4.74 Å². The number of nitrogens with zero attached hydrogens (tertiary/aromatic N) is 2. The topological polar surface area (TPSA) is 56.1 Å². The minimum atomic E-state index is -0.0293. The predicted molar refractivity (Wildman–Crippen MR) is 66.3 cm³/mol. The predicted octanol–water partition coefficient (Wildman–Crippen LogP) is 1.42. The first-order valence-electron chi connectivity index (χ1n) is 6.13. The van der Waals surface area contributed by atoms with Gasteiger partial charge in [0.25, 0.3) is 5.56 Å². The Kier molecular flexibility index (Phi) is 3.78. The molecule has 0 amide bonds. The first-order chi connectivity index (χ1) is 8.22. The summed E-state index contributed by atoms with van der Waals surface area (Å²) < 4.78 is 7.06. The van der Waals surface area contributed by atoms with E-state index in [0.29, 0.717) is 25.1 Å². The Bertz CT molecular complexity index is 426. The third kappa shape index (κ3) is 3.06. The molecule has 1 heterocycles. The van der Waals surface area contributed by atoms with Crippen molar-refractivity contribution >= 4 is 5.82 Å². The van der Waals surface area contributed by atoms with E-state index in [-0.39, 0.29) is 11.6 Å². The van der Waals surface area contributed by atoms with E-state index in [0.717, 1.165) is 12.8 Å². The van der Waals surface area contributed by atoms with Crippen molar-refractivity contribution in [1.82, 2.24) is 9.55 Å². The lowest BCUT2D eigenvalue weighted by atomic mass is 10.3. The molecule has 0 spiro atoms. The third-order valence-corrected chi connectivity index (χ3v) is 2.76. The van der Waals surface area contributed by atoms with E-state index in [2.05, 4.69) is 10.3 Å². The molecule has 1 atom stereocenters. The van der Waals surface area contributed by atoms with Crippen molar-refractivity contribution in [3.05, 3.63) is 22.7 Å². The summed E-state index contributed by atoms with van der Waals surface area (Å²) in [4.78, 5) is 16.2. The molecule has 1 saturated carbocycles. The maximum atomic E-state index is 12.1. The lowest BCUT2D eigenvalue weighted by Crippen LogP contribution is -2.29. The highest BCUT2D eigenvalue weighted by atomic mass is 16.5. The zero-order valence-electron chi connectivity index (χ0n) is 10.3. The second kappa shape index (κ2) is 5.31. The van der Waals surface area contributed by atoms with Gasteiger partial charge in [-0.3, -0.25) is 4.79 Å². The quantitative estimate of drug-likeness (QED) is 0.813. The molecule has 1 aliphatic rings. The third-order valence-electron chi connectivity index (χ3n) is 2.76. The molecule has 0 saturated heterocycles. The molecule has 1 unspecified atom stereocenters. The Labute approximate surface area is 101 Å². The number of ether oxygens (including phenoxy) is 1. The van der Waals surface area contributed by atoms with Gasteiger partial charge in [0.15, 0.2) is 5.82 Å². The molecule has 1 N–H and O–H groups in total. The van der Waals surface area contributed by atoms with Crippen LogP contribution in [-0.2, 0) is 4.74 Å². The maximum absolute atomic E-state index is 12.1. The summed E-state index contributed by atoms with van der Waals surface area (Å²) in [7, 11) is 0. The molecule has 17 heavy (non-hydrogen) atoms. The Morgan fingerprint density at radius 1 is 1.65 bits per heavy atom. The fourth-order valence-corrected chi connectivity index (χ4v) is 1.73. The normalized spacial score (nSPS) is 16.8. The van der Waals surface area contributed by atoms with Gasteiger partial charge in [-0.05, 0) is 26.7 Å². The second-order valence-corrected chi connectivity index (χ2v) is 4.42. The van der Waals surface area contributed by atoms with Gasteiger partial charge in [-0.25, -0.2) is 4.98 Å². The van der Waals surface area contributed by atoms with Crippen LogP contribution in [0.3, 0.4) is 0 Å². The van der Waals surface area contributed by atoms with Gasteiger partial charge in [0.2, 0.25) is 0 Å². The fraction of sp³-hybridized carbons (Fsp3) is 0.667. The van der Waals surface area contributed by atoms with Crippen LogP contribution in [0.15, 0.2) is 17.2 Å². The monoisotopic (exact) mass is 237 g/mol. The second-order valence-electron chi connectivity index (χ2n) is 4.42. The smallest absolute Gasteiger partial charge is 0.293 e. The average molecular weight is 237 g/mol. The summed E-state index contributed by atoms with van der Waals surface area (Å²) in [5.41, 5.74) is -0.0293.